The number of nitrogens with one attached hydrogen (secondary N) is 1. The summed E-state index contributed by atoms with van der Waals surface area (Å²) in [5.41, 5.74) is 1.54. The number of amides is 2. The van der Waals surface area contributed by atoms with Gasteiger partial charge in [0, 0.05) is 18.8 Å². The van der Waals surface area contributed by atoms with Crippen molar-refractivity contribution in [2.45, 2.75) is 0 Å². The summed E-state index contributed by atoms with van der Waals surface area (Å²) in [6.07, 6.45) is 0. The van der Waals surface area contributed by atoms with Crippen LogP contribution in [0.3, 0.4) is 0 Å². The van der Waals surface area contributed by atoms with E-state index in [0.29, 0.717) is 46.5 Å². The maximum atomic E-state index is 12.9. The largest absolute Gasteiger partial charge is 0.486 e. The fourth-order valence-corrected chi connectivity index (χ4v) is 3.65. The van der Waals surface area contributed by atoms with Crippen molar-refractivity contribution in [2.75, 3.05) is 30.5 Å². The molecule has 0 saturated heterocycles. The van der Waals surface area contributed by atoms with Gasteiger partial charge in [-0.1, -0.05) is 18.2 Å². The molecular formula is C21H18N2O4S. The molecule has 0 unspecified atom stereocenters. The number of anilines is 2. The number of ether oxygens (including phenoxy) is 2. The Morgan fingerprint density at radius 3 is 2.57 bits per heavy atom. The summed E-state index contributed by atoms with van der Waals surface area (Å²) in [6.45, 7) is 0.986. The predicted molar refractivity (Wildman–Crippen MR) is 109 cm³/mol. The summed E-state index contributed by atoms with van der Waals surface area (Å²) in [6, 6.07) is 15.9. The maximum absolute atomic E-state index is 12.9. The molecule has 6 nitrogen and oxygen atoms in total. The molecule has 142 valence electrons. The number of benzene rings is 2. The molecule has 0 bridgehead atoms. The number of hydrogen-bond donors (Lipinski definition) is 1. The molecule has 1 N–H and O–H groups in total. The molecule has 0 aliphatic carbocycles. The fraction of sp³-hybridized carbons (Fsp3) is 0.143. The van der Waals surface area contributed by atoms with Gasteiger partial charge in [0.15, 0.2) is 11.5 Å². The number of fused-ring (bicyclic) bond motifs is 1. The summed E-state index contributed by atoms with van der Waals surface area (Å²) in [5.74, 6) is 0.793. The van der Waals surface area contributed by atoms with E-state index in [4.69, 9.17) is 9.47 Å². The first kappa shape index (κ1) is 18.1. The van der Waals surface area contributed by atoms with E-state index in [-0.39, 0.29) is 11.8 Å². The van der Waals surface area contributed by atoms with Gasteiger partial charge in [-0.25, -0.2) is 0 Å². The Kier molecular flexibility index (Phi) is 4.99. The summed E-state index contributed by atoms with van der Waals surface area (Å²) >= 11 is 1.37. The predicted octanol–water partition coefficient (Wildman–Crippen LogP) is 4.05. The van der Waals surface area contributed by atoms with Crippen molar-refractivity contribution in [3.63, 3.8) is 0 Å². The molecule has 7 heteroatoms. The van der Waals surface area contributed by atoms with Crippen LogP contribution >= 0.6 is 11.3 Å². The molecule has 2 aromatic carbocycles. The Morgan fingerprint density at radius 1 is 1.00 bits per heavy atom. The monoisotopic (exact) mass is 394 g/mol. The molecule has 0 fully saturated rings. The highest BCUT2D eigenvalue weighted by atomic mass is 32.1. The van der Waals surface area contributed by atoms with Gasteiger partial charge < -0.3 is 19.7 Å². The normalized spacial score (nSPS) is 12.3. The van der Waals surface area contributed by atoms with Crippen LogP contribution in [0.5, 0.6) is 11.5 Å². The quantitative estimate of drug-likeness (QED) is 0.725. The lowest BCUT2D eigenvalue weighted by atomic mass is 10.1. The number of thiophene rings is 1. The highest BCUT2D eigenvalue weighted by molar-refractivity contribution is 7.12. The number of hydrogen-bond acceptors (Lipinski definition) is 5. The van der Waals surface area contributed by atoms with Gasteiger partial charge in [-0.3, -0.25) is 9.59 Å². The Labute approximate surface area is 166 Å². The van der Waals surface area contributed by atoms with Crippen LogP contribution in [0.15, 0.2) is 60.0 Å². The van der Waals surface area contributed by atoms with E-state index in [1.54, 1.807) is 55.6 Å². The van der Waals surface area contributed by atoms with Crippen molar-refractivity contribution >= 4 is 34.5 Å². The lowest BCUT2D eigenvalue weighted by Crippen LogP contribution is -2.28. The minimum Gasteiger partial charge on any atom is -0.486 e. The molecule has 4 rings (SSSR count). The Balaban J connectivity index is 1.57. The zero-order chi connectivity index (χ0) is 19.5. The molecule has 0 spiro atoms. The first-order valence-electron chi connectivity index (χ1n) is 8.75. The number of carbonyl (C=O) groups is 2. The van der Waals surface area contributed by atoms with Crippen molar-refractivity contribution in [1.29, 1.82) is 0 Å². The standard InChI is InChI=1S/C21H18N2O4S/c1-23(21(25)19-7-4-12-28-19)16-6-3-2-5-15(16)20(24)22-14-8-9-17-18(13-14)27-11-10-26-17/h2-9,12-13H,10-11H2,1H3,(H,22,24). The van der Waals surface area contributed by atoms with Gasteiger partial charge in [-0.05, 0) is 35.7 Å². The zero-order valence-corrected chi connectivity index (χ0v) is 16.0. The van der Waals surface area contributed by atoms with Gasteiger partial charge >= 0.3 is 0 Å². The first-order valence-corrected chi connectivity index (χ1v) is 9.63. The number of para-hydroxylation sites is 1. The summed E-state index contributed by atoms with van der Waals surface area (Å²) in [7, 11) is 1.66. The van der Waals surface area contributed by atoms with E-state index >= 15 is 0 Å². The van der Waals surface area contributed by atoms with E-state index in [2.05, 4.69) is 5.32 Å². The third-order valence-corrected chi connectivity index (χ3v) is 5.20. The minimum absolute atomic E-state index is 0.158. The number of carbonyl (C=O) groups excluding carboxylic acids is 2. The minimum atomic E-state index is -0.307. The molecule has 28 heavy (non-hydrogen) atoms. The lowest BCUT2D eigenvalue weighted by molar-refractivity contribution is 0.0996. The highest BCUT2D eigenvalue weighted by Gasteiger charge is 2.21. The molecule has 1 aromatic heterocycles. The Morgan fingerprint density at radius 2 is 1.79 bits per heavy atom. The van der Waals surface area contributed by atoms with Crippen LogP contribution in [-0.2, 0) is 0 Å². The van der Waals surface area contributed by atoms with Crippen LogP contribution in [-0.4, -0.2) is 32.1 Å². The van der Waals surface area contributed by atoms with Gasteiger partial charge in [-0.15, -0.1) is 11.3 Å². The van der Waals surface area contributed by atoms with E-state index in [1.165, 1.54) is 16.2 Å². The van der Waals surface area contributed by atoms with Crippen molar-refractivity contribution in [1.82, 2.24) is 0 Å². The Hall–Kier alpha value is -3.32. The number of rotatable bonds is 4. The number of nitrogens with zero attached hydrogens (tertiary/aromatic N) is 1. The molecule has 0 saturated carbocycles. The van der Waals surface area contributed by atoms with E-state index < -0.39 is 0 Å². The summed E-state index contributed by atoms with van der Waals surface area (Å²) in [5, 5.41) is 4.72. The average Bonchev–Trinajstić information content (AvgIpc) is 3.27. The molecule has 2 amide bonds. The second kappa shape index (κ2) is 7.74. The maximum Gasteiger partial charge on any atom is 0.268 e. The van der Waals surface area contributed by atoms with Crippen LogP contribution in [0.25, 0.3) is 0 Å². The molecule has 2 heterocycles. The zero-order valence-electron chi connectivity index (χ0n) is 15.2. The van der Waals surface area contributed by atoms with Crippen molar-refractivity contribution in [3.8, 4) is 11.5 Å². The van der Waals surface area contributed by atoms with Gasteiger partial charge in [-0.2, -0.15) is 0 Å². The van der Waals surface area contributed by atoms with Crippen LogP contribution < -0.4 is 19.7 Å². The third kappa shape index (κ3) is 3.57. The van der Waals surface area contributed by atoms with Crippen LogP contribution in [0.4, 0.5) is 11.4 Å². The van der Waals surface area contributed by atoms with Crippen molar-refractivity contribution in [3.05, 3.63) is 70.4 Å². The molecule has 1 aliphatic rings. The van der Waals surface area contributed by atoms with Crippen LogP contribution in [0.1, 0.15) is 20.0 Å². The average molecular weight is 394 g/mol. The first-order chi connectivity index (χ1) is 13.6. The molecule has 0 radical (unpaired) electrons. The fourth-order valence-electron chi connectivity index (χ4n) is 2.95. The van der Waals surface area contributed by atoms with Crippen LogP contribution in [0.2, 0.25) is 0 Å². The van der Waals surface area contributed by atoms with Gasteiger partial charge in [0.05, 0.1) is 16.1 Å². The van der Waals surface area contributed by atoms with Gasteiger partial charge in [0.1, 0.15) is 13.2 Å². The third-order valence-electron chi connectivity index (χ3n) is 4.35. The van der Waals surface area contributed by atoms with E-state index in [1.807, 2.05) is 11.4 Å². The van der Waals surface area contributed by atoms with Crippen LogP contribution in [0, 0.1) is 0 Å². The Bertz CT molecular complexity index is 1020. The highest BCUT2D eigenvalue weighted by Crippen LogP contribution is 2.33. The SMILES string of the molecule is CN(C(=O)c1cccs1)c1ccccc1C(=O)Nc1ccc2c(c1)OCCO2. The smallest absolute Gasteiger partial charge is 0.268 e. The molecule has 0 atom stereocenters. The molecule has 3 aromatic rings. The summed E-state index contributed by atoms with van der Waals surface area (Å²) in [4.78, 5) is 27.7. The summed E-state index contributed by atoms with van der Waals surface area (Å²) < 4.78 is 11.1. The van der Waals surface area contributed by atoms with Crippen molar-refractivity contribution < 1.29 is 19.1 Å². The van der Waals surface area contributed by atoms with E-state index in [0.717, 1.165) is 0 Å². The topological polar surface area (TPSA) is 67.9 Å². The lowest BCUT2D eigenvalue weighted by Gasteiger charge is -2.21. The second-order valence-electron chi connectivity index (χ2n) is 6.17. The van der Waals surface area contributed by atoms with Gasteiger partial charge in [0.25, 0.3) is 11.8 Å². The molecule has 1 aliphatic heterocycles. The van der Waals surface area contributed by atoms with Crippen molar-refractivity contribution in [2.24, 2.45) is 0 Å². The van der Waals surface area contributed by atoms with E-state index in [9.17, 15) is 9.59 Å². The molecular weight excluding hydrogens is 376 g/mol. The van der Waals surface area contributed by atoms with Gasteiger partial charge in [0.2, 0.25) is 0 Å². The second-order valence-corrected chi connectivity index (χ2v) is 7.12.